The standard InChI is InChI=1S/C24H24N6O2/c1-14-20(12-16-10-17(31-4)13-18(11-16)32-5)15(2)30(28-14)24-25-23-22(26-27-24)19-8-6-7-9-21(19)29(23)3/h6-11,13H,12H2,1-5H3. The number of aromatic nitrogens is 6. The summed E-state index contributed by atoms with van der Waals surface area (Å²) in [4.78, 5) is 4.81. The van der Waals surface area contributed by atoms with Gasteiger partial charge in [-0.05, 0) is 37.6 Å². The van der Waals surface area contributed by atoms with Gasteiger partial charge in [0, 0.05) is 36.2 Å². The van der Waals surface area contributed by atoms with Gasteiger partial charge in [0.25, 0.3) is 5.95 Å². The Bertz CT molecular complexity index is 1440. The van der Waals surface area contributed by atoms with Gasteiger partial charge in [0.2, 0.25) is 0 Å². The highest BCUT2D eigenvalue weighted by Gasteiger charge is 2.18. The van der Waals surface area contributed by atoms with Crippen LogP contribution in [0.2, 0.25) is 0 Å². The number of rotatable bonds is 5. The van der Waals surface area contributed by atoms with Gasteiger partial charge in [0.05, 0.1) is 25.4 Å². The van der Waals surface area contributed by atoms with E-state index in [2.05, 4.69) is 16.3 Å². The van der Waals surface area contributed by atoms with Crippen molar-refractivity contribution in [2.75, 3.05) is 14.2 Å². The molecule has 0 spiro atoms. The van der Waals surface area contributed by atoms with E-state index in [9.17, 15) is 0 Å². The molecule has 5 aromatic rings. The maximum Gasteiger partial charge on any atom is 0.272 e. The second-order valence-corrected chi connectivity index (χ2v) is 7.82. The number of para-hydroxylation sites is 1. The summed E-state index contributed by atoms with van der Waals surface area (Å²) in [5.74, 6) is 1.98. The first kappa shape index (κ1) is 20.0. The van der Waals surface area contributed by atoms with Crippen molar-refractivity contribution in [2.45, 2.75) is 20.3 Å². The number of benzene rings is 2. The second kappa shape index (κ2) is 7.64. The van der Waals surface area contributed by atoms with Crippen molar-refractivity contribution in [1.82, 2.24) is 29.5 Å². The lowest BCUT2D eigenvalue weighted by Gasteiger charge is -2.09. The van der Waals surface area contributed by atoms with Crippen molar-refractivity contribution in [3.05, 3.63) is 65.0 Å². The minimum Gasteiger partial charge on any atom is -0.497 e. The highest BCUT2D eigenvalue weighted by atomic mass is 16.5. The summed E-state index contributed by atoms with van der Waals surface area (Å²) in [6, 6.07) is 14.0. The van der Waals surface area contributed by atoms with E-state index < -0.39 is 0 Å². The average Bonchev–Trinajstić information content (AvgIpc) is 3.27. The van der Waals surface area contributed by atoms with Crippen molar-refractivity contribution in [3.8, 4) is 17.4 Å². The monoisotopic (exact) mass is 428 g/mol. The van der Waals surface area contributed by atoms with E-state index in [1.807, 2.05) is 61.9 Å². The van der Waals surface area contributed by atoms with Crippen LogP contribution in [-0.2, 0) is 13.5 Å². The first-order chi connectivity index (χ1) is 15.5. The van der Waals surface area contributed by atoms with Gasteiger partial charge >= 0.3 is 0 Å². The number of methoxy groups -OCH3 is 2. The molecule has 0 saturated heterocycles. The normalized spacial score (nSPS) is 11.4. The van der Waals surface area contributed by atoms with Gasteiger partial charge in [0.15, 0.2) is 5.65 Å². The summed E-state index contributed by atoms with van der Waals surface area (Å²) < 4.78 is 14.6. The summed E-state index contributed by atoms with van der Waals surface area (Å²) >= 11 is 0. The summed E-state index contributed by atoms with van der Waals surface area (Å²) in [7, 11) is 5.30. The minimum atomic E-state index is 0.457. The molecule has 0 aliphatic rings. The average molecular weight is 428 g/mol. The summed E-state index contributed by atoms with van der Waals surface area (Å²) in [5, 5.41) is 14.7. The Morgan fingerprint density at radius 3 is 2.38 bits per heavy atom. The molecule has 0 atom stereocenters. The summed E-state index contributed by atoms with van der Waals surface area (Å²) in [6.07, 6.45) is 0.689. The lowest BCUT2D eigenvalue weighted by molar-refractivity contribution is 0.393. The molecule has 0 unspecified atom stereocenters. The van der Waals surface area contributed by atoms with E-state index >= 15 is 0 Å². The second-order valence-electron chi connectivity index (χ2n) is 7.82. The van der Waals surface area contributed by atoms with Crippen LogP contribution in [0.25, 0.3) is 28.0 Å². The molecular weight excluding hydrogens is 404 g/mol. The molecule has 32 heavy (non-hydrogen) atoms. The van der Waals surface area contributed by atoms with Gasteiger partial charge in [-0.3, -0.25) is 0 Å². The molecule has 0 aliphatic carbocycles. The predicted octanol–water partition coefficient (Wildman–Crippen LogP) is 3.93. The molecular formula is C24H24N6O2. The van der Waals surface area contributed by atoms with Crippen LogP contribution in [0.15, 0.2) is 42.5 Å². The van der Waals surface area contributed by atoms with Crippen LogP contribution in [0, 0.1) is 13.8 Å². The Balaban J connectivity index is 1.58. The molecule has 0 bridgehead atoms. The topological polar surface area (TPSA) is 79.9 Å². The fourth-order valence-corrected chi connectivity index (χ4v) is 4.19. The summed E-state index contributed by atoms with van der Waals surface area (Å²) in [5.41, 5.74) is 6.73. The maximum atomic E-state index is 5.42. The van der Waals surface area contributed by atoms with E-state index in [0.717, 1.165) is 56.1 Å². The van der Waals surface area contributed by atoms with Gasteiger partial charge in [-0.2, -0.15) is 10.1 Å². The molecule has 0 radical (unpaired) electrons. The Hall–Kier alpha value is -3.94. The van der Waals surface area contributed by atoms with Gasteiger partial charge in [0.1, 0.15) is 17.0 Å². The number of hydrogen-bond acceptors (Lipinski definition) is 6. The van der Waals surface area contributed by atoms with E-state index in [1.54, 1.807) is 18.9 Å². The molecule has 0 amide bonds. The smallest absolute Gasteiger partial charge is 0.272 e. The lowest BCUT2D eigenvalue weighted by atomic mass is 10.0. The van der Waals surface area contributed by atoms with E-state index in [1.165, 1.54) is 0 Å². The van der Waals surface area contributed by atoms with Crippen molar-refractivity contribution < 1.29 is 9.47 Å². The van der Waals surface area contributed by atoms with Gasteiger partial charge in [-0.1, -0.05) is 18.2 Å². The number of aryl methyl sites for hydroxylation is 2. The Morgan fingerprint density at radius 2 is 1.66 bits per heavy atom. The largest absolute Gasteiger partial charge is 0.497 e. The molecule has 0 saturated carbocycles. The first-order valence-electron chi connectivity index (χ1n) is 10.4. The zero-order valence-electron chi connectivity index (χ0n) is 18.7. The molecule has 8 nitrogen and oxygen atoms in total. The SMILES string of the molecule is COc1cc(Cc2c(C)nn(-c3nnc4c5ccccc5n(C)c4n3)c2C)cc(OC)c1. The third-order valence-corrected chi connectivity index (χ3v) is 5.92. The fraction of sp³-hybridized carbons (Fsp3) is 0.250. The highest BCUT2D eigenvalue weighted by Crippen LogP contribution is 2.28. The third kappa shape index (κ3) is 3.15. The predicted molar refractivity (Wildman–Crippen MR) is 123 cm³/mol. The zero-order valence-corrected chi connectivity index (χ0v) is 18.7. The number of fused-ring (bicyclic) bond motifs is 3. The van der Waals surface area contributed by atoms with Crippen LogP contribution in [-0.4, -0.2) is 43.7 Å². The van der Waals surface area contributed by atoms with Crippen molar-refractivity contribution in [2.24, 2.45) is 7.05 Å². The van der Waals surface area contributed by atoms with Gasteiger partial charge in [-0.25, -0.2) is 4.68 Å². The molecule has 3 heterocycles. The number of hydrogen-bond donors (Lipinski definition) is 0. The fourth-order valence-electron chi connectivity index (χ4n) is 4.19. The summed E-state index contributed by atoms with van der Waals surface area (Å²) in [6.45, 7) is 4.03. The van der Waals surface area contributed by atoms with Crippen LogP contribution >= 0.6 is 0 Å². The Labute approximate surface area is 185 Å². The number of ether oxygens (including phenoxy) is 2. The van der Waals surface area contributed by atoms with E-state index in [0.29, 0.717) is 12.4 Å². The van der Waals surface area contributed by atoms with Gasteiger partial charge < -0.3 is 14.0 Å². The molecule has 5 rings (SSSR count). The molecule has 2 aromatic carbocycles. The van der Waals surface area contributed by atoms with Crippen molar-refractivity contribution >= 4 is 22.1 Å². The lowest BCUT2D eigenvalue weighted by Crippen LogP contribution is -2.07. The third-order valence-electron chi connectivity index (χ3n) is 5.92. The molecule has 0 N–H and O–H groups in total. The maximum absolute atomic E-state index is 5.42. The quantitative estimate of drug-likeness (QED) is 0.422. The molecule has 0 fully saturated rings. The Kier molecular flexibility index (Phi) is 4.77. The van der Waals surface area contributed by atoms with E-state index in [-0.39, 0.29) is 0 Å². The van der Waals surface area contributed by atoms with E-state index in [4.69, 9.17) is 19.6 Å². The van der Waals surface area contributed by atoms with Crippen LogP contribution < -0.4 is 9.47 Å². The first-order valence-corrected chi connectivity index (χ1v) is 10.4. The van der Waals surface area contributed by atoms with Crippen LogP contribution in [0.4, 0.5) is 0 Å². The Morgan fingerprint density at radius 1 is 0.938 bits per heavy atom. The van der Waals surface area contributed by atoms with Crippen LogP contribution in [0.5, 0.6) is 11.5 Å². The minimum absolute atomic E-state index is 0.457. The number of nitrogens with zero attached hydrogens (tertiary/aromatic N) is 6. The van der Waals surface area contributed by atoms with Gasteiger partial charge in [-0.15, -0.1) is 10.2 Å². The van der Waals surface area contributed by atoms with Crippen LogP contribution in [0.1, 0.15) is 22.5 Å². The molecule has 162 valence electrons. The zero-order chi connectivity index (χ0) is 22.4. The van der Waals surface area contributed by atoms with Crippen LogP contribution in [0.3, 0.4) is 0 Å². The van der Waals surface area contributed by atoms with Crippen molar-refractivity contribution in [3.63, 3.8) is 0 Å². The molecule has 0 aliphatic heterocycles. The van der Waals surface area contributed by atoms with Crippen molar-refractivity contribution in [1.29, 1.82) is 0 Å². The molecule has 8 heteroatoms. The molecule has 3 aromatic heterocycles. The highest BCUT2D eigenvalue weighted by molar-refractivity contribution is 6.03.